The molecule has 0 bridgehead atoms. The minimum atomic E-state index is -0.760. The first-order valence-electron chi connectivity index (χ1n) is 22.3. The van der Waals surface area contributed by atoms with E-state index in [-0.39, 0.29) is 31.1 Å². The quantitative estimate of drug-likeness (QED) is 0.0357. The molecule has 0 aliphatic rings. The summed E-state index contributed by atoms with van der Waals surface area (Å²) in [7, 11) is 0. The van der Waals surface area contributed by atoms with Crippen molar-refractivity contribution in [1.82, 2.24) is 0 Å². The fraction of sp³-hybridized carbons (Fsp3) is 0.933. The van der Waals surface area contributed by atoms with Crippen molar-refractivity contribution in [3.63, 3.8) is 0 Å². The number of unbranched alkanes of at least 4 members (excludes halogenated alkanes) is 22. The lowest BCUT2D eigenvalue weighted by atomic mass is 9.99. The van der Waals surface area contributed by atoms with Crippen molar-refractivity contribution in [1.29, 1.82) is 0 Å². The molecule has 0 saturated heterocycles. The van der Waals surface area contributed by atoms with Gasteiger partial charge < -0.3 is 14.2 Å². The lowest BCUT2D eigenvalue weighted by Crippen LogP contribution is -2.30. The molecule has 302 valence electrons. The second kappa shape index (κ2) is 38.1. The summed E-state index contributed by atoms with van der Waals surface area (Å²) in [6.07, 6.45) is 35.1. The molecule has 6 nitrogen and oxygen atoms in total. The molecule has 0 N–H and O–H groups in total. The average Bonchev–Trinajstić information content (AvgIpc) is 3.13. The zero-order chi connectivity index (χ0) is 37.6. The van der Waals surface area contributed by atoms with E-state index in [0.717, 1.165) is 69.6 Å². The molecule has 0 aromatic carbocycles. The van der Waals surface area contributed by atoms with Gasteiger partial charge in [0.1, 0.15) is 13.2 Å². The van der Waals surface area contributed by atoms with E-state index < -0.39 is 6.10 Å². The number of ether oxygens (including phenoxy) is 3. The fourth-order valence-electron chi connectivity index (χ4n) is 6.51. The minimum Gasteiger partial charge on any atom is -0.462 e. The van der Waals surface area contributed by atoms with Crippen LogP contribution in [0.3, 0.4) is 0 Å². The van der Waals surface area contributed by atoms with Gasteiger partial charge in [-0.2, -0.15) is 0 Å². The highest BCUT2D eigenvalue weighted by Gasteiger charge is 2.19. The van der Waals surface area contributed by atoms with Gasteiger partial charge in [0.2, 0.25) is 0 Å². The zero-order valence-electron chi connectivity index (χ0n) is 34.7. The van der Waals surface area contributed by atoms with Crippen molar-refractivity contribution in [2.24, 2.45) is 11.8 Å². The number of hydrogen-bond donors (Lipinski definition) is 0. The van der Waals surface area contributed by atoms with E-state index in [0.29, 0.717) is 19.3 Å². The zero-order valence-corrected chi connectivity index (χ0v) is 34.7. The Kier molecular flexibility index (Phi) is 37.0. The van der Waals surface area contributed by atoms with E-state index in [4.69, 9.17) is 14.2 Å². The van der Waals surface area contributed by atoms with Crippen LogP contribution in [0.25, 0.3) is 0 Å². The molecule has 0 aromatic rings. The third kappa shape index (κ3) is 36.6. The second-order valence-electron chi connectivity index (χ2n) is 15.8. The molecule has 0 spiro atoms. The summed E-state index contributed by atoms with van der Waals surface area (Å²) >= 11 is 0. The Balaban J connectivity index is 4.36. The maximum absolute atomic E-state index is 12.7. The molecule has 0 aliphatic carbocycles. The third-order valence-electron chi connectivity index (χ3n) is 10.7. The van der Waals surface area contributed by atoms with Gasteiger partial charge in [0.25, 0.3) is 0 Å². The van der Waals surface area contributed by atoms with Crippen LogP contribution in [0.5, 0.6) is 0 Å². The van der Waals surface area contributed by atoms with Crippen LogP contribution in [-0.2, 0) is 28.6 Å². The molecule has 3 atom stereocenters. The van der Waals surface area contributed by atoms with Gasteiger partial charge in [-0.1, -0.05) is 202 Å². The smallest absolute Gasteiger partial charge is 0.306 e. The lowest BCUT2D eigenvalue weighted by Gasteiger charge is -2.18. The molecular weight excluding hydrogens is 636 g/mol. The van der Waals surface area contributed by atoms with E-state index in [9.17, 15) is 14.4 Å². The summed E-state index contributed by atoms with van der Waals surface area (Å²) in [4.78, 5) is 37.6. The predicted octanol–water partition coefficient (Wildman–Crippen LogP) is 13.8. The molecule has 2 unspecified atom stereocenters. The van der Waals surface area contributed by atoms with Gasteiger partial charge in [-0.15, -0.1) is 0 Å². The standard InChI is InChI=1S/C45H86O6/c1-6-9-10-11-12-13-20-25-30-35-43(46)49-38-42(51-45(48)37-32-27-22-17-15-19-24-29-34-41(5)8-3)39-50-44(47)36-31-26-21-16-14-18-23-28-33-40(4)7-2/h40-42H,6-39H2,1-5H3/t40?,41?,42-/m1/s1. The Morgan fingerprint density at radius 1 is 0.392 bits per heavy atom. The van der Waals surface area contributed by atoms with E-state index >= 15 is 0 Å². The summed E-state index contributed by atoms with van der Waals surface area (Å²) in [6.45, 7) is 11.3. The largest absolute Gasteiger partial charge is 0.462 e. The molecule has 0 aliphatic heterocycles. The van der Waals surface area contributed by atoms with Crippen LogP contribution in [0.15, 0.2) is 0 Å². The van der Waals surface area contributed by atoms with Crippen LogP contribution < -0.4 is 0 Å². The van der Waals surface area contributed by atoms with E-state index in [1.807, 2.05) is 0 Å². The van der Waals surface area contributed by atoms with E-state index in [1.54, 1.807) is 0 Å². The Morgan fingerprint density at radius 2 is 0.686 bits per heavy atom. The summed E-state index contributed by atoms with van der Waals surface area (Å²) in [5.41, 5.74) is 0. The van der Waals surface area contributed by atoms with Crippen molar-refractivity contribution in [2.45, 2.75) is 246 Å². The monoisotopic (exact) mass is 723 g/mol. The van der Waals surface area contributed by atoms with Crippen LogP contribution in [0.4, 0.5) is 0 Å². The third-order valence-corrected chi connectivity index (χ3v) is 10.7. The van der Waals surface area contributed by atoms with Crippen LogP contribution >= 0.6 is 0 Å². The predicted molar refractivity (Wildman–Crippen MR) is 215 cm³/mol. The number of carbonyl (C=O) groups is 3. The Morgan fingerprint density at radius 3 is 1.02 bits per heavy atom. The Labute approximate surface area is 317 Å². The van der Waals surface area contributed by atoms with Crippen molar-refractivity contribution < 1.29 is 28.6 Å². The highest BCUT2D eigenvalue weighted by atomic mass is 16.6. The first kappa shape index (κ1) is 49.4. The van der Waals surface area contributed by atoms with Crippen molar-refractivity contribution in [3.05, 3.63) is 0 Å². The highest BCUT2D eigenvalue weighted by Crippen LogP contribution is 2.17. The number of esters is 3. The molecule has 0 radical (unpaired) electrons. The second-order valence-corrected chi connectivity index (χ2v) is 15.8. The molecule has 0 rings (SSSR count). The first-order valence-corrected chi connectivity index (χ1v) is 22.3. The average molecular weight is 723 g/mol. The topological polar surface area (TPSA) is 78.9 Å². The van der Waals surface area contributed by atoms with Crippen LogP contribution in [-0.4, -0.2) is 37.2 Å². The van der Waals surface area contributed by atoms with Crippen LogP contribution in [0.1, 0.15) is 240 Å². The van der Waals surface area contributed by atoms with Crippen LogP contribution in [0, 0.1) is 11.8 Å². The van der Waals surface area contributed by atoms with Crippen molar-refractivity contribution in [2.75, 3.05) is 13.2 Å². The molecular formula is C45H86O6. The van der Waals surface area contributed by atoms with Gasteiger partial charge in [-0.25, -0.2) is 0 Å². The van der Waals surface area contributed by atoms with Gasteiger partial charge in [-0.3, -0.25) is 14.4 Å². The number of carbonyl (C=O) groups excluding carboxylic acids is 3. The minimum absolute atomic E-state index is 0.0658. The van der Waals surface area contributed by atoms with E-state index in [1.165, 1.54) is 128 Å². The summed E-state index contributed by atoms with van der Waals surface area (Å²) < 4.78 is 16.7. The van der Waals surface area contributed by atoms with Gasteiger partial charge >= 0.3 is 17.9 Å². The van der Waals surface area contributed by atoms with Crippen LogP contribution in [0.2, 0.25) is 0 Å². The molecule has 0 amide bonds. The lowest BCUT2D eigenvalue weighted by molar-refractivity contribution is -0.167. The molecule has 0 aromatic heterocycles. The van der Waals surface area contributed by atoms with Gasteiger partial charge in [0.05, 0.1) is 0 Å². The van der Waals surface area contributed by atoms with Crippen molar-refractivity contribution in [3.8, 4) is 0 Å². The Bertz CT molecular complexity index is 783. The maximum Gasteiger partial charge on any atom is 0.306 e. The maximum atomic E-state index is 12.7. The Hall–Kier alpha value is -1.59. The molecule has 0 saturated carbocycles. The number of rotatable bonds is 39. The van der Waals surface area contributed by atoms with Crippen molar-refractivity contribution >= 4 is 17.9 Å². The number of hydrogen-bond acceptors (Lipinski definition) is 6. The molecule has 0 heterocycles. The van der Waals surface area contributed by atoms with E-state index in [2.05, 4.69) is 34.6 Å². The summed E-state index contributed by atoms with van der Waals surface area (Å²) in [5, 5.41) is 0. The fourth-order valence-corrected chi connectivity index (χ4v) is 6.51. The first-order chi connectivity index (χ1) is 24.8. The SMILES string of the molecule is CCCCCCCCCCCC(=O)OC[C@H](COC(=O)CCCCCCCCCCC(C)CC)OC(=O)CCCCCCCCCCC(C)CC. The normalized spacial score (nSPS) is 13.1. The molecule has 51 heavy (non-hydrogen) atoms. The van der Waals surface area contributed by atoms with Gasteiger partial charge in [0.15, 0.2) is 6.10 Å². The summed E-state index contributed by atoms with van der Waals surface area (Å²) in [6, 6.07) is 0. The summed E-state index contributed by atoms with van der Waals surface area (Å²) in [5.74, 6) is 0.829. The molecule has 0 fully saturated rings. The highest BCUT2D eigenvalue weighted by molar-refractivity contribution is 5.71. The molecule has 6 heteroatoms. The van der Waals surface area contributed by atoms with Gasteiger partial charge in [0, 0.05) is 19.3 Å². The van der Waals surface area contributed by atoms with Gasteiger partial charge in [-0.05, 0) is 31.1 Å².